The van der Waals surface area contributed by atoms with Crippen molar-refractivity contribution in [1.82, 2.24) is 0 Å². The Kier molecular flexibility index (Phi) is 12.2. The first kappa shape index (κ1) is 18.5. The third-order valence-electron chi connectivity index (χ3n) is 2.90. The van der Waals surface area contributed by atoms with Crippen molar-refractivity contribution in [3.63, 3.8) is 0 Å². The van der Waals surface area contributed by atoms with Crippen molar-refractivity contribution < 1.29 is 19.0 Å². The summed E-state index contributed by atoms with van der Waals surface area (Å²) in [5.74, 6) is -0.548. The van der Waals surface area contributed by atoms with Crippen molar-refractivity contribution in [3.05, 3.63) is 0 Å². The van der Waals surface area contributed by atoms with Crippen LogP contribution in [0, 0.1) is 0 Å². The van der Waals surface area contributed by atoms with Gasteiger partial charge >= 0.3 is 14.0 Å². The first-order valence-electron chi connectivity index (χ1n) is 7.43. The molecule has 0 radical (unpaired) electrons. The maximum absolute atomic E-state index is 11.3. The zero-order chi connectivity index (χ0) is 14.5. The monoisotopic (exact) mass is 291 g/mol. The predicted molar refractivity (Wildman–Crippen MR) is 77.5 cm³/mol. The van der Waals surface area contributed by atoms with Crippen LogP contribution in [0.2, 0.25) is 0 Å². The number of aliphatic hydroxyl groups is 1. The molecule has 1 N–H and O–H groups in total. The molecule has 0 fully saturated rings. The van der Waals surface area contributed by atoms with Crippen molar-refractivity contribution in [1.29, 1.82) is 0 Å². The molecule has 0 heterocycles. The average molecular weight is 291 g/mol. The zero-order valence-corrected chi connectivity index (χ0v) is 13.2. The number of unbranched alkanes of at least 4 members (excludes halogenated alkanes) is 5. The zero-order valence-electron chi connectivity index (χ0n) is 12.3. The van der Waals surface area contributed by atoms with Crippen LogP contribution in [-0.4, -0.2) is 23.3 Å². The lowest BCUT2D eigenvalue weighted by Gasteiger charge is -2.07. The number of rotatable bonds is 12. The molecule has 112 valence electrons. The molecule has 0 saturated heterocycles. The Labute approximate surface area is 117 Å². The molecule has 0 aromatic rings. The molecular weight excluding hydrogens is 263 g/mol. The lowest BCUT2D eigenvalue weighted by atomic mass is 10.1. The summed E-state index contributed by atoms with van der Waals surface area (Å²) >= 11 is 0. The maximum Gasteiger partial charge on any atom is 0.558 e. The molecule has 5 heteroatoms. The van der Waals surface area contributed by atoms with Crippen LogP contribution in [-0.2, 0) is 13.9 Å². The highest BCUT2D eigenvalue weighted by atomic mass is 31.1. The van der Waals surface area contributed by atoms with Crippen molar-refractivity contribution in [2.45, 2.75) is 77.7 Å². The summed E-state index contributed by atoms with van der Waals surface area (Å²) in [5.41, 5.74) is 0. The Bertz CT molecular complexity index is 256. The van der Waals surface area contributed by atoms with Crippen LogP contribution in [0.1, 0.15) is 71.6 Å². The van der Waals surface area contributed by atoms with E-state index in [1.807, 2.05) is 6.92 Å². The van der Waals surface area contributed by atoms with E-state index in [1.165, 1.54) is 25.7 Å². The SMILES string of the molecule is CCCCCCCCC(O)CC(=O)O[P+](=O)CCC. The van der Waals surface area contributed by atoms with Gasteiger partial charge in [-0.25, -0.2) is 9.32 Å². The van der Waals surface area contributed by atoms with Crippen molar-refractivity contribution in [2.75, 3.05) is 6.16 Å². The van der Waals surface area contributed by atoms with Gasteiger partial charge in [-0.05, 0) is 17.4 Å². The quantitative estimate of drug-likeness (QED) is 0.432. The van der Waals surface area contributed by atoms with Gasteiger partial charge in [0.1, 0.15) is 0 Å². The van der Waals surface area contributed by atoms with Crippen LogP contribution in [0.5, 0.6) is 0 Å². The molecule has 0 aliphatic rings. The summed E-state index contributed by atoms with van der Waals surface area (Å²) in [4.78, 5) is 11.3. The fourth-order valence-electron chi connectivity index (χ4n) is 1.83. The largest absolute Gasteiger partial charge is 0.558 e. The number of hydrogen-bond acceptors (Lipinski definition) is 4. The summed E-state index contributed by atoms with van der Waals surface area (Å²) < 4.78 is 16.0. The molecule has 2 atom stereocenters. The maximum atomic E-state index is 11.3. The molecule has 19 heavy (non-hydrogen) atoms. The van der Waals surface area contributed by atoms with E-state index in [0.29, 0.717) is 12.6 Å². The molecule has 0 saturated carbocycles. The number of carbonyl (C=O) groups is 1. The summed E-state index contributed by atoms with van der Waals surface area (Å²) in [5, 5.41) is 9.67. The van der Waals surface area contributed by atoms with E-state index in [2.05, 4.69) is 6.92 Å². The Morgan fingerprint density at radius 2 is 1.74 bits per heavy atom. The Morgan fingerprint density at radius 1 is 1.11 bits per heavy atom. The summed E-state index contributed by atoms with van der Waals surface area (Å²) in [6, 6.07) is 0. The minimum absolute atomic E-state index is 0.0419. The van der Waals surface area contributed by atoms with Crippen LogP contribution < -0.4 is 0 Å². The molecule has 0 aromatic carbocycles. The van der Waals surface area contributed by atoms with Gasteiger partial charge in [0.15, 0.2) is 6.16 Å². The van der Waals surface area contributed by atoms with Crippen molar-refractivity contribution in [3.8, 4) is 0 Å². The normalized spacial score (nSPS) is 13.1. The second kappa shape index (κ2) is 12.6. The average Bonchev–Trinajstić information content (AvgIpc) is 2.33. The van der Waals surface area contributed by atoms with Crippen LogP contribution in [0.3, 0.4) is 0 Å². The second-order valence-corrected chi connectivity index (χ2v) is 6.23. The van der Waals surface area contributed by atoms with Crippen molar-refractivity contribution >= 4 is 14.0 Å². The summed E-state index contributed by atoms with van der Waals surface area (Å²) in [7, 11) is -1.88. The van der Waals surface area contributed by atoms with Crippen LogP contribution in [0.4, 0.5) is 0 Å². The predicted octanol–water partition coefficient (Wildman–Crippen LogP) is 4.18. The van der Waals surface area contributed by atoms with Gasteiger partial charge in [0, 0.05) is 0 Å². The van der Waals surface area contributed by atoms with Gasteiger partial charge in [0.25, 0.3) is 0 Å². The molecule has 0 aliphatic carbocycles. The molecule has 0 bridgehead atoms. The fourth-order valence-corrected chi connectivity index (χ4v) is 2.59. The number of carbonyl (C=O) groups excluding carboxylic acids is 1. The lowest BCUT2D eigenvalue weighted by molar-refractivity contribution is -0.136. The van der Waals surface area contributed by atoms with Crippen LogP contribution in [0.25, 0.3) is 0 Å². The summed E-state index contributed by atoms with van der Waals surface area (Å²) in [6.07, 6.45) is 7.98. The van der Waals surface area contributed by atoms with Gasteiger partial charge in [0.2, 0.25) is 0 Å². The number of hydrogen-bond donors (Lipinski definition) is 1. The fraction of sp³-hybridized carbons (Fsp3) is 0.929. The van der Waals surface area contributed by atoms with E-state index >= 15 is 0 Å². The van der Waals surface area contributed by atoms with Crippen LogP contribution >= 0.6 is 8.03 Å². The van der Waals surface area contributed by atoms with Gasteiger partial charge in [-0.15, -0.1) is 0 Å². The third-order valence-corrected chi connectivity index (χ3v) is 4.12. The van der Waals surface area contributed by atoms with Gasteiger partial charge in [-0.1, -0.05) is 52.4 Å². The highest BCUT2D eigenvalue weighted by Crippen LogP contribution is 2.24. The molecular formula is C14H28O4P+. The molecule has 0 amide bonds. The van der Waals surface area contributed by atoms with E-state index in [9.17, 15) is 14.5 Å². The second-order valence-electron chi connectivity index (χ2n) is 4.93. The lowest BCUT2D eigenvalue weighted by Crippen LogP contribution is -2.14. The minimum atomic E-state index is -1.88. The molecule has 2 unspecified atom stereocenters. The van der Waals surface area contributed by atoms with Crippen LogP contribution in [0.15, 0.2) is 0 Å². The minimum Gasteiger partial charge on any atom is -0.393 e. The van der Waals surface area contributed by atoms with Crippen molar-refractivity contribution in [2.24, 2.45) is 0 Å². The van der Waals surface area contributed by atoms with E-state index in [4.69, 9.17) is 4.52 Å². The molecule has 0 aliphatic heterocycles. The van der Waals surface area contributed by atoms with Gasteiger partial charge < -0.3 is 5.11 Å². The smallest absolute Gasteiger partial charge is 0.393 e. The number of aliphatic hydroxyl groups excluding tert-OH is 1. The topological polar surface area (TPSA) is 63.6 Å². The molecule has 0 rings (SSSR count). The van der Waals surface area contributed by atoms with Gasteiger partial charge in [-0.3, -0.25) is 0 Å². The highest BCUT2D eigenvalue weighted by molar-refractivity contribution is 7.39. The first-order chi connectivity index (χ1) is 9.10. The molecule has 0 spiro atoms. The third kappa shape index (κ3) is 12.3. The standard InChI is InChI=1S/C14H28O4P/c1-3-5-6-7-8-9-10-13(15)12-14(16)18-19(17)11-4-2/h13,15H,3-12H2,1-2H3/q+1. The van der Waals surface area contributed by atoms with Gasteiger partial charge in [-0.2, -0.15) is 0 Å². The van der Waals surface area contributed by atoms with Gasteiger partial charge in [0.05, 0.1) is 12.5 Å². The Balaban J connectivity index is 3.54. The molecule has 0 aromatic heterocycles. The molecule has 4 nitrogen and oxygen atoms in total. The first-order valence-corrected chi connectivity index (χ1v) is 8.79. The van der Waals surface area contributed by atoms with E-state index < -0.39 is 20.1 Å². The Morgan fingerprint density at radius 3 is 2.37 bits per heavy atom. The highest BCUT2D eigenvalue weighted by Gasteiger charge is 2.23. The van der Waals surface area contributed by atoms with E-state index in [-0.39, 0.29) is 6.42 Å². The summed E-state index contributed by atoms with van der Waals surface area (Å²) in [6.45, 7) is 4.06. The van der Waals surface area contributed by atoms with E-state index in [0.717, 1.165) is 19.3 Å². The Hall–Kier alpha value is -0.470. The van der Waals surface area contributed by atoms with E-state index in [1.54, 1.807) is 0 Å².